The van der Waals surface area contributed by atoms with Crippen LogP contribution in [0.4, 0.5) is 5.69 Å². The normalized spacial score (nSPS) is 8.07. The number of nitroso groups, excluding NO2 is 1. The fourth-order valence-corrected chi connectivity index (χ4v) is 1.07. The number of hydrogen-bond acceptors (Lipinski definition) is 2. The Morgan fingerprint density at radius 1 is 1.00 bits per heavy atom. The van der Waals surface area contributed by atoms with Crippen LogP contribution in [0.2, 0.25) is 0 Å². The first-order chi connectivity index (χ1) is 6.15. The first-order valence-corrected chi connectivity index (χ1v) is 4.56. The average Bonchev–Trinajstić information content (AvgIpc) is 2.16. The average molecular weight is 197 g/mol. The van der Waals surface area contributed by atoms with Crippen LogP contribution in [0, 0.1) is 25.7 Å². The molecule has 0 aliphatic carbocycles. The van der Waals surface area contributed by atoms with Gasteiger partial charge in [0.15, 0.2) is 0 Å². The predicted molar refractivity (Wildman–Crippen MR) is 61.1 cm³/mol. The molecule has 0 fully saturated rings. The monoisotopic (exact) mass is 197 g/mol. The molecule has 1 aromatic carbocycles. The van der Waals surface area contributed by atoms with Gasteiger partial charge in [-0.15, -0.1) is 4.91 Å². The van der Waals surface area contributed by atoms with Crippen LogP contribution in [0.25, 0.3) is 0 Å². The molecule has 2 N–H and O–H groups in total. The van der Waals surface area contributed by atoms with Crippen molar-refractivity contribution in [2.24, 2.45) is 5.18 Å². The molecule has 14 heavy (non-hydrogen) atoms. The molecular formula is C11H19NO2. The zero-order chi connectivity index (χ0) is 10.4. The highest BCUT2D eigenvalue weighted by molar-refractivity contribution is 5.47. The maximum absolute atomic E-state index is 10.2. The van der Waals surface area contributed by atoms with E-state index in [1.54, 1.807) is 12.1 Å². The lowest BCUT2D eigenvalue weighted by molar-refractivity contribution is 0.824. The topological polar surface area (TPSA) is 60.9 Å². The third-order valence-corrected chi connectivity index (χ3v) is 2.02. The smallest absolute Gasteiger partial charge is 0.108 e. The second-order valence-electron chi connectivity index (χ2n) is 2.80. The molecule has 0 saturated heterocycles. The summed E-state index contributed by atoms with van der Waals surface area (Å²) in [5.74, 6) is 0. The lowest BCUT2D eigenvalue weighted by atomic mass is 10.0. The highest BCUT2D eigenvalue weighted by Gasteiger charge is 1.99. The summed E-state index contributed by atoms with van der Waals surface area (Å²) in [4.78, 5) is 10.2. The molecule has 80 valence electrons. The van der Waals surface area contributed by atoms with Crippen molar-refractivity contribution in [1.29, 1.82) is 0 Å². The van der Waals surface area contributed by atoms with Crippen molar-refractivity contribution in [1.82, 2.24) is 0 Å². The molecule has 0 aromatic heterocycles. The van der Waals surface area contributed by atoms with E-state index < -0.39 is 0 Å². The largest absolute Gasteiger partial charge is 0.412 e. The lowest BCUT2D eigenvalue weighted by Gasteiger charge is -2.03. The van der Waals surface area contributed by atoms with Crippen LogP contribution in [0.3, 0.4) is 0 Å². The minimum absolute atomic E-state index is 0. The van der Waals surface area contributed by atoms with Gasteiger partial charge in [0.2, 0.25) is 0 Å². The molecule has 0 aliphatic rings. The highest BCUT2D eigenvalue weighted by Crippen LogP contribution is 2.20. The molecule has 0 heterocycles. The Hall–Kier alpha value is -1.22. The Balaban J connectivity index is 0. The molecule has 1 rings (SSSR count). The van der Waals surface area contributed by atoms with E-state index in [2.05, 4.69) is 5.18 Å². The van der Waals surface area contributed by atoms with Crippen LogP contribution in [0.15, 0.2) is 17.3 Å². The standard InChI is InChI=1S/C9H11NO.C2H6.H2O/c1-6-4-9(10-11)5-7(2)8(6)3;1-2;/h4-5H,1-3H3;1-2H3;1H2. The predicted octanol–water partition coefficient (Wildman–Crippen LogP) is 3.21. The SMILES string of the molecule is CC.Cc1cc(N=O)cc(C)c1C.O. The fraction of sp³-hybridized carbons (Fsp3) is 0.455. The molecule has 3 nitrogen and oxygen atoms in total. The first-order valence-electron chi connectivity index (χ1n) is 4.56. The van der Waals surface area contributed by atoms with E-state index in [9.17, 15) is 4.91 Å². The second kappa shape index (κ2) is 7.21. The molecule has 0 spiro atoms. The summed E-state index contributed by atoms with van der Waals surface area (Å²) in [7, 11) is 0. The van der Waals surface area contributed by atoms with Gasteiger partial charge in [0.25, 0.3) is 0 Å². The van der Waals surface area contributed by atoms with Crippen LogP contribution in [-0.2, 0) is 0 Å². The van der Waals surface area contributed by atoms with E-state index >= 15 is 0 Å². The van der Waals surface area contributed by atoms with Gasteiger partial charge >= 0.3 is 0 Å². The quantitative estimate of drug-likeness (QED) is 0.637. The fourth-order valence-electron chi connectivity index (χ4n) is 1.07. The van der Waals surface area contributed by atoms with E-state index in [0.29, 0.717) is 5.69 Å². The zero-order valence-electron chi connectivity index (χ0n) is 9.51. The Morgan fingerprint density at radius 2 is 1.36 bits per heavy atom. The van der Waals surface area contributed by atoms with E-state index in [-0.39, 0.29) is 5.48 Å². The van der Waals surface area contributed by atoms with Gasteiger partial charge < -0.3 is 5.48 Å². The van der Waals surface area contributed by atoms with Crippen LogP contribution >= 0.6 is 0 Å². The van der Waals surface area contributed by atoms with Crippen LogP contribution < -0.4 is 0 Å². The van der Waals surface area contributed by atoms with E-state index in [1.807, 2.05) is 34.6 Å². The van der Waals surface area contributed by atoms with Crippen molar-refractivity contribution in [2.75, 3.05) is 0 Å². The third kappa shape index (κ3) is 3.66. The summed E-state index contributed by atoms with van der Waals surface area (Å²) in [5, 5.41) is 2.88. The summed E-state index contributed by atoms with van der Waals surface area (Å²) < 4.78 is 0. The van der Waals surface area contributed by atoms with E-state index in [4.69, 9.17) is 0 Å². The van der Waals surface area contributed by atoms with Crippen LogP contribution in [0.1, 0.15) is 30.5 Å². The first kappa shape index (κ1) is 15.3. The minimum Gasteiger partial charge on any atom is -0.412 e. The molecule has 0 radical (unpaired) electrons. The van der Waals surface area contributed by atoms with Crippen molar-refractivity contribution in [3.05, 3.63) is 33.7 Å². The summed E-state index contributed by atoms with van der Waals surface area (Å²) in [5.41, 5.74) is 4.00. The molecule has 0 amide bonds. The van der Waals surface area contributed by atoms with Gasteiger partial charge in [0.1, 0.15) is 5.69 Å². The van der Waals surface area contributed by atoms with Gasteiger partial charge in [0, 0.05) is 0 Å². The van der Waals surface area contributed by atoms with Crippen molar-refractivity contribution >= 4 is 5.69 Å². The number of hydrogen-bond donors (Lipinski definition) is 0. The van der Waals surface area contributed by atoms with Crippen LogP contribution in [-0.4, -0.2) is 5.48 Å². The highest BCUT2D eigenvalue weighted by atomic mass is 16.3. The third-order valence-electron chi connectivity index (χ3n) is 2.02. The maximum Gasteiger partial charge on any atom is 0.108 e. The Morgan fingerprint density at radius 3 is 1.64 bits per heavy atom. The van der Waals surface area contributed by atoms with E-state index in [1.165, 1.54) is 5.56 Å². The Kier molecular flexibility index (Phi) is 7.86. The number of nitrogens with zero attached hydrogens (tertiary/aromatic N) is 1. The molecule has 3 heteroatoms. The summed E-state index contributed by atoms with van der Waals surface area (Å²) in [6, 6.07) is 3.60. The number of aryl methyl sites for hydroxylation is 2. The number of benzene rings is 1. The Bertz CT molecular complexity index is 272. The van der Waals surface area contributed by atoms with Gasteiger partial charge in [-0.05, 0) is 54.8 Å². The van der Waals surface area contributed by atoms with Gasteiger partial charge in [0.05, 0.1) is 0 Å². The maximum atomic E-state index is 10.2. The second-order valence-corrected chi connectivity index (χ2v) is 2.80. The van der Waals surface area contributed by atoms with Gasteiger partial charge in [-0.3, -0.25) is 0 Å². The minimum atomic E-state index is 0. The lowest BCUT2D eigenvalue weighted by Crippen LogP contribution is -1.84. The van der Waals surface area contributed by atoms with Crippen LogP contribution in [0.5, 0.6) is 0 Å². The van der Waals surface area contributed by atoms with E-state index in [0.717, 1.165) is 11.1 Å². The number of rotatable bonds is 1. The molecule has 0 bridgehead atoms. The van der Waals surface area contributed by atoms with Crippen molar-refractivity contribution in [2.45, 2.75) is 34.6 Å². The van der Waals surface area contributed by atoms with Crippen molar-refractivity contribution in [3.8, 4) is 0 Å². The van der Waals surface area contributed by atoms with Crippen molar-refractivity contribution < 1.29 is 5.48 Å². The molecular weight excluding hydrogens is 178 g/mol. The van der Waals surface area contributed by atoms with Gasteiger partial charge in [-0.25, -0.2) is 0 Å². The summed E-state index contributed by atoms with van der Waals surface area (Å²) in [6.07, 6.45) is 0. The summed E-state index contributed by atoms with van der Waals surface area (Å²) in [6.45, 7) is 10.0. The zero-order valence-corrected chi connectivity index (χ0v) is 9.51. The molecule has 1 aromatic rings. The molecule has 0 saturated carbocycles. The summed E-state index contributed by atoms with van der Waals surface area (Å²) >= 11 is 0. The van der Waals surface area contributed by atoms with Crippen molar-refractivity contribution in [3.63, 3.8) is 0 Å². The molecule has 0 aliphatic heterocycles. The van der Waals surface area contributed by atoms with Gasteiger partial charge in [-0.2, -0.15) is 0 Å². The molecule has 0 atom stereocenters. The molecule has 0 unspecified atom stereocenters. The Labute approximate surface area is 85.4 Å². The van der Waals surface area contributed by atoms with Gasteiger partial charge in [-0.1, -0.05) is 13.8 Å².